The lowest BCUT2D eigenvalue weighted by Crippen LogP contribution is -2.56. The van der Waals surface area contributed by atoms with Crippen LogP contribution in [0.25, 0.3) is 0 Å². The van der Waals surface area contributed by atoms with Crippen molar-refractivity contribution in [2.75, 3.05) is 38.2 Å². The smallest absolute Gasteiger partial charge is 0.244 e. The molecule has 29 heavy (non-hydrogen) atoms. The Kier molecular flexibility index (Phi) is 7.18. The van der Waals surface area contributed by atoms with Gasteiger partial charge < -0.3 is 9.80 Å². The molecule has 1 saturated carbocycles. The van der Waals surface area contributed by atoms with Gasteiger partial charge in [0.15, 0.2) is 0 Å². The third-order valence-corrected chi connectivity index (χ3v) is 7.31. The molecule has 0 bridgehead atoms. The fourth-order valence-electron chi connectivity index (χ4n) is 3.34. The van der Waals surface area contributed by atoms with Crippen LogP contribution in [-0.2, 0) is 19.6 Å². The quantitative estimate of drug-likeness (QED) is 0.655. The van der Waals surface area contributed by atoms with Gasteiger partial charge in [0.1, 0.15) is 16.8 Å². The molecule has 1 unspecified atom stereocenters. The highest BCUT2D eigenvalue weighted by atomic mass is 32.2. The zero-order chi connectivity index (χ0) is 21.0. The molecule has 2 amide bonds. The highest BCUT2D eigenvalue weighted by molar-refractivity contribution is 7.98. The first-order valence-electron chi connectivity index (χ1n) is 9.67. The Morgan fingerprint density at radius 2 is 1.79 bits per heavy atom. The molecule has 1 saturated heterocycles. The predicted molar refractivity (Wildman–Crippen MR) is 109 cm³/mol. The van der Waals surface area contributed by atoms with Gasteiger partial charge in [-0.2, -0.15) is 16.5 Å². The van der Waals surface area contributed by atoms with Crippen LogP contribution in [0.1, 0.15) is 19.3 Å². The van der Waals surface area contributed by atoms with Crippen LogP contribution in [0.4, 0.5) is 4.39 Å². The zero-order valence-electron chi connectivity index (χ0n) is 16.3. The van der Waals surface area contributed by atoms with Crippen LogP contribution in [0.15, 0.2) is 29.2 Å². The van der Waals surface area contributed by atoms with Gasteiger partial charge in [0.25, 0.3) is 0 Å². The molecule has 10 heteroatoms. The Morgan fingerprint density at radius 1 is 1.17 bits per heavy atom. The van der Waals surface area contributed by atoms with Crippen molar-refractivity contribution in [1.82, 2.24) is 14.5 Å². The van der Waals surface area contributed by atoms with Gasteiger partial charge in [-0.15, -0.1) is 0 Å². The number of rotatable bonds is 8. The summed E-state index contributed by atoms with van der Waals surface area (Å²) in [7, 11) is -4.18. The normalized spacial score (nSPS) is 18.6. The monoisotopic (exact) mass is 443 g/mol. The summed E-state index contributed by atoms with van der Waals surface area (Å²) in [6.45, 7) is 1.65. The second-order valence-electron chi connectivity index (χ2n) is 7.31. The number of nitrogens with zero attached hydrogens (tertiary/aromatic N) is 2. The van der Waals surface area contributed by atoms with Crippen LogP contribution in [0.5, 0.6) is 0 Å². The lowest BCUT2D eigenvalue weighted by atomic mass is 10.2. The van der Waals surface area contributed by atoms with Crippen LogP contribution in [0.3, 0.4) is 0 Å². The van der Waals surface area contributed by atoms with E-state index in [2.05, 4.69) is 4.72 Å². The fourth-order valence-corrected chi connectivity index (χ4v) is 5.11. The van der Waals surface area contributed by atoms with Crippen molar-refractivity contribution in [3.05, 3.63) is 30.1 Å². The lowest BCUT2D eigenvalue weighted by Gasteiger charge is -2.36. The molecular weight excluding hydrogens is 417 g/mol. The average Bonchev–Trinajstić information content (AvgIpc) is 3.55. The summed E-state index contributed by atoms with van der Waals surface area (Å²) in [5, 5.41) is 0. The molecule has 1 aromatic carbocycles. The maximum absolute atomic E-state index is 14.0. The van der Waals surface area contributed by atoms with Gasteiger partial charge in [0.2, 0.25) is 21.8 Å². The fraction of sp³-hybridized carbons (Fsp3) is 0.579. The summed E-state index contributed by atoms with van der Waals surface area (Å²) in [5.41, 5.74) is 0. The molecule has 160 valence electrons. The summed E-state index contributed by atoms with van der Waals surface area (Å²) in [6.07, 6.45) is 4.04. The van der Waals surface area contributed by atoms with Crippen LogP contribution in [0.2, 0.25) is 0 Å². The number of carbonyl (C=O) groups is 2. The van der Waals surface area contributed by atoms with Gasteiger partial charge in [0.05, 0.1) is 0 Å². The molecule has 1 heterocycles. The minimum Gasteiger partial charge on any atom is -0.339 e. The van der Waals surface area contributed by atoms with Gasteiger partial charge >= 0.3 is 0 Å². The molecule has 1 aliphatic heterocycles. The van der Waals surface area contributed by atoms with Gasteiger partial charge in [-0.1, -0.05) is 12.1 Å². The van der Waals surface area contributed by atoms with Crippen molar-refractivity contribution in [2.24, 2.45) is 5.92 Å². The molecule has 0 radical (unpaired) electrons. The summed E-state index contributed by atoms with van der Waals surface area (Å²) < 4.78 is 41.7. The van der Waals surface area contributed by atoms with Crippen LogP contribution in [-0.4, -0.2) is 74.3 Å². The van der Waals surface area contributed by atoms with E-state index in [0.717, 1.165) is 18.9 Å². The number of nitrogens with one attached hydrogen (secondary N) is 1. The number of sulfonamides is 1. The van der Waals surface area contributed by atoms with E-state index in [1.807, 2.05) is 6.26 Å². The summed E-state index contributed by atoms with van der Waals surface area (Å²) in [6, 6.07) is 4.12. The maximum atomic E-state index is 14.0. The minimum absolute atomic E-state index is 0.138. The second kappa shape index (κ2) is 9.44. The van der Waals surface area contributed by atoms with Gasteiger partial charge in [-0.05, 0) is 43.4 Å². The Balaban J connectivity index is 1.67. The molecule has 0 aromatic heterocycles. The molecule has 0 spiro atoms. The largest absolute Gasteiger partial charge is 0.339 e. The standard InChI is InChI=1S/C19H26FN3O4S2/c1-28-13-8-16(21-29(26,27)17-5-3-2-4-15(17)20)19(25)23-11-9-22(10-12-23)18(24)14-6-7-14/h2-5,14,16,21H,6-13H2,1H3. The van der Waals surface area contributed by atoms with Crippen molar-refractivity contribution in [2.45, 2.75) is 30.2 Å². The van der Waals surface area contributed by atoms with Crippen LogP contribution in [0, 0.1) is 11.7 Å². The third kappa shape index (κ3) is 5.49. The first kappa shape index (κ1) is 22.0. The number of hydrogen-bond donors (Lipinski definition) is 1. The number of benzene rings is 1. The van der Waals surface area contributed by atoms with Crippen molar-refractivity contribution < 1.29 is 22.4 Å². The number of piperazine rings is 1. The van der Waals surface area contributed by atoms with Gasteiger partial charge in [0, 0.05) is 32.1 Å². The first-order chi connectivity index (χ1) is 13.8. The summed E-state index contributed by atoms with van der Waals surface area (Å²) >= 11 is 1.50. The van der Waals surface area contributed by atoms with Crippen LogP contribution < -0.4 is 4.72 Å². The summed E-state index contributed by atoms with van der Waals surface area (Å²) in [5.74, 6) is -0.327. The van der Waals surface area contributed by atoms with Gasteiger partial charge in [-0.3, -0.25) is 9.59 Å². The van der Waals surface area contributed by atoms with E-state index in [1.54, 1.807) is 9.80 Å². The molecule has 1 atom stereocenters. The number of carbonyl (C=O) groups excluding carboxylic acids is 2. The van der Waals surface area contributed by atoms with Crippen molar-refractivity contribution in [3.8, 4) is 0 Å². The highest BCUT2D eigenvalue weighted by Gasteiger charge is 2.36. The molecular formula is C19H26FN3O4S2. The number of hydrogen-bond acceptors (Lipinski definition) is 5. The predicted octanol–water partition coefficient (Wildman–Crippen LogP) is 1.31. The van der Waals surface area contributed by atoms with E-state index < -0.39 is 26.8 Å². The van der Waals surface area contributed by atoms with E-state index in [1.165, 1.54) is 30.0 Å². The highest BCUT2D eigenvalue weighted by Crippen LogP contribution is 2.31. The lowest BCUT2D eigenvalue weighted by molar-refractivity contribution is -0.141. The van der Waals surface area contributed by atoms with E-state index in [-0.39, 0.29) is 17.7 Å². The SMILES string of the molecule is CSCCC(NS(=O)(=O)c1ccccc1F)C(=O)N1CCN(C(=O)C2CC2)CC1. The molecule has 3 rings (SSSR count). The van der Waals surface area contributed by atoms with E-state index in [9.17, 15) is 22.4 Å². The minimum atomic E-state index is -4.18. The molecule has 1 N–H and O–H groups in total. The van der Waals surface area contributed by atoms with E-state index >= 15 is 0 Å². The van der Waals surface area contributed by atoms with Crippen molar-refractivity contribution in [3.63, 3.8) is 0 Å². The Hall–Kier alpha value is -1.65. The molecule has 1 aliphatic carbocycles. The number of amides is 2. The van der Waals surface area contributed by atoms with E-state index in [0.29, 0.717) is 38.4 Å². The van der Waals surface area contributed by atoms with Crippen molar-refractivity contribution in [1.29, 1.82) is 0 Å². The molecule has 2 aliphatic rings. The average molecular weight is 444 g/mol. The second-order valence-corrected chi connectivity index (χ2v) is 9.98. The Morgan fingerprint density at radius 3 is 2.38 bits per heavy atom. The maximum Gasteiger partial charge on any atom is 0.244 e. The molecule has 1 aromatic rings. The topological polar surface area (TPSA) is 86.8 Å². The summed E-state index contributed by atoms with van der Waals surface area (Å²) in [4.78, 5) is 28.1. The number of thioether (sulfide) groups is 1. The third-order valence-electron chi connectivity index (χ3n) is 5.16. The molecule has 7 nitrogen and oxygen atoms in total. The Bertz CT molecular complexity index is 853. The number of halogens is 1. The van der Waals surface area contributed by atoms with Crippen molar-refractivity contribution >= 4 is 33.6 Å². The van der Waals surface area contributed by atoms with Crippen LogP contribution >= 0.6 is 11.8 Å². The zero-order valence-corrected chi connectivity index (χ0v) is 18.0. The first-order valence-corrected chi connectivity index (χ1v) is 12.5. The Labute approximate surface area is 175 Å². The molecule has 2 fully saturated rings. The van der Waals surface area contributed by atoms with E-state index in [4.69, 9.17) is 0 Å². The van der Waals surface area contributed by atoms with Gasteiger partial charge in [-0.25, -0.2) is 12.8 Å².